The number of carbonyl (C=O) groups is 2. The van der Waals surface area contributed by atoms with Gasteiger partial charge >= 0.3 is 12.9 Å². The molecule has 57 heavy (non-hydrogen) atoms. The second-order valence-electron chi connectivity index (χ2n) is 11.5. The molecule has 8 rings (SSSR count). The number of aromatic amines is 1. The van der Waals surface area contributed by atoms with E-state index in [1.165, 1.54) is 35.2 Å². The zero-order valence-corrected chi connectivity index (χ0v) is 30.6. The van der Waals surface area contributed by atoms with Crippen molar-refractivity contribution in [1.82, 2.24) is 29.9 Å². The summed E-state index contributed by atoms with van der Waals surface area (Å²) in [5.41, 5.74) is 0.625. The van der Waals surface area contributed by atoms with E-state index in [0.29, 0.717) is 71.4 Å². The highest BCUT2D eigenvalue weighted by molar-refractivity contribution is 9.09. The molecule has 2 aliphatic rings. The van der Waals surface area contributed by atoms with Crippen molar-refractivity contribution in [3.05, 3.63) is 117 Å². The summed E-state index contributed by atoms with van der Waals surface area (Å²) in [6.07, 6.45) is -2.98. The maximum Gasteiger partial charge on any atom is 0.314 e. The normalized spacial score (nSPS) is 12.6. The zero-order valence-electron chi connectivity index (χ0n) is 29.0. The molecule has 2 aromatic carbocycles. The maximum absolute atomic E-state index is 12.5. The van der Waals surface area contributed by atoms with Crippen LogP contribution >= 0.6 is 15.9 Å². The van der Waals surface area contributed by atoms with E-state index in [4.69, 9.17) is 23.4 Å². The number of ketones is 2. The number of rotatable bonds is 9. The Morgan fingerprint density at radius 1 is 0.667 bits per heavy atom. The largest absolute Gasteiger partial charge is 0.486 e. The number of alkyl halides is 5. The Morgan fingerprint density at radius 3 is 1.65 bits per heavy atom. The molecule has 0 aliphatic carbocycles. The van der Waals surface area contributed by atoms with Gasteiger partial charge < -0.3 is 37.3 Å². The average Bonchev–Trinajstić information content (AvgIpc) is 3.94. The Hall–Kier alpha value is -6.64. The molecule has 0 radical (unpaired) electrons. The van der Waals surface area contributed by atoms with Crippen molar-refractivity contribution in [2.45, 2.75) is 19.4 Å². The molecule has 0 amide bonds. The third kappa shape index (κ3) is 10.2. The van der Waals surface area contributed by atoms with E-state index in [2.05, 4.69) is 45.7 Å². The van der Waals surface area contributed by atoms with Crippen LogP contribution in [0.25, 0.3) is 22.9 Å². The highest BCUT2D eigenvalue weighted by atomic mass is 79.9. The first-order chi connectivity index (χ1) is 27.5. The molecule has 0 saturated heterocycles. The number of pyridine rings is 2. The fourth-order valence-corrected chi connectivity index (χ4v) is 5.31. The van der Waals surface area contributed by atoms with Crippen LogP contribution in [0.1, 0.15) is 45.3 Å². The van der Waals surface area contributed by atoms with Crippen molar-refractivity contribution >= 4 is 27.5 Å². The van der Waals surface area contributed by atoms with Gasteiger partial charge in [-0.05, 0) is 48.5 Å². The third-order valence-electron chi connectivity index (χ3n) is 7.68. The van der Waals surface area contributed by atoms with Crippen LogP contribution in [0.4, 0.5) is 17.6 Å². The molecular weight excluding hydrogens is 832 g/mol. The molecular formula is C36H27BrF4N6O10. The summed E-state index contributed by atoms with van der Waals surface area (Å²) in [5.74, 6) is 0.266. The molecule has 6 heterocycles. The first-order valence-electron chi connectivity index (χ1n) is 16.5. The monoisotopic (exact) mass is 858 g/mol. The van der Waals surface area contributed by atoms with Crippen molar-refractivity contribution in [2.75, 3.05) is 31.8 Å². The number of benzene rings is 2. The van der Waals surface area contributed by atoms with Crippen LogP contribution in [0.3, 0.4) is 0 Å². The quantitative estimate of drug-likeness (QED) is 0.102. The van der Waals surface area contributed by atoms with Crippen LogP contribution in [0.15, 0.2) is 91.5 Å². The van der Waals surface area contributed by atoms with Crippen molar-refractivity contribution in [2.24, 2.45) is 0 Å². The summed E-state index contributed by atoms with van der Waals surface area (Å²) in [4.78, 5) is 49.4. The van der Waals surface area contributed by atoms with E-state index in [1.807, 2.05) is 0 Å². The summed E-state index contributed by atoms with van der Waals surface area (Å²) in [6, 6.07) is 15.3. The molecule has 0 unspecified atom stereocenters. The number of nitrogens with one attached hydrogen (secondary N) is 1. The topological polar surface area (TPSA) is 204 Å². The van der Waals surface area contributed by atoms with E-state index in [9.17, 15) is 36.7 Å². The number of carbonyl (C=O) groups excluding carboxylic acids is 2. The lowest BCUT2D eigenvalue weighted by Gasteiger charge is -2.18. The highest BCUT2D eigenvalue weighted by Crippen LogP contribution is 2.32. The molecule has 0 spiro atoms. The molecule has 4 aromatic heterocycles. The zero-order chi connectivity index (χ0) is 40.5. The number of H-pyrrole nitrogens is 1. The van der Waals surface area contributed by atoms with Crippen molar-refractivity contribution in [3.63, 3.8) is 0 Å². The number of aromatic nitrogens is 6. The number of ether oxygens (including phenoxy) is 4. The van der Waals surface area contributed by atoms with E-state index in [-0.39, 0.29) is 41.0 Å². The van der Waals surface area contributed by atoms with E-state index < -0.39 is 30.2 Å². The molecule has 1 N–H and O–H groups in total. The highest BCUT2D eigenvalue weighted by Gasteiger charge is 2.20. The van der Waals surface area contributed by atoms with Crippen LogP contribution in [0.2, 0.25) is 0 Å². The van der Waals surface area contributed by atoms with Crippen molar-refractivity contribution in [1.29, 1.82) is 0 Å². The predicted octanol–water partition coefficient (Wildman–Crippen LogP) is 5.89. The van der Waals surface area contributed by atoms with E-state index >= 15 is 0 Å². The lowest BCUT2D eigenvalue weighted by Crippen LogP contribution is -2.23. The van der Waals surface area contributed by atoms with Crippen LogP contribution < -0.4 is 30.1 Å². The summed E-state index contributed by atoms with van der Waals surface area (Å²) in [7, 11) is 0. The minimum Gasteiger partial charge on any atom is -0.486 e. The fourth-order valence-electron chi connectivity index (χ4n) is 4.98. The first kappa shape index (κ1) is 40.0. The lowest BCUT2D eigenvalue weighted by molar-refractivity contribution is 0.0968. The molecule has 16 nitrogen and oxygen atoms in total. The van der Waals surface area contributed by atoms with Crippen molar-refractivity contribution in [3.8, 4) is 45.9 Å². The molecule has 0 bridgehead atoms. The van der Waals surface area contributed by atoms with Gasteiger partial charge in [0.15, 0.2) is 34.6 Å². The Bertz CT molecular complexity index is 2490. The summed E-state index contributed by atoms with van der Waals surface area (Å²) < 4.78 is 81.5. The van der Waals surface area contributed by atoms with Gasteiger partial charge in [0, 0.05) is 46.8 Å². The summed E-state index contributed by atoms with van der Waals surface area (Å²) in [5, 5.41) is 13.6. The number of halogens is 5. The minimum absolute atomic E-state index is 0.0435. The van der Waals surface area contributed by atoms with Crippen LogP contribution in [-0.4, -0.2) is 73.3 Å². The standard InChI is InChI=1S/C18H13F2N3O5.C10H9BrO3.C8H5F2N3O2/c19-16(20)18-22-21-17(28-18)11-3-4-23(15(25)8-11)9-12(24)10-1-2-13-14(7-10)27-6-5-26-13;11-6-8(12)7-1-2-9-10(5-7)14-4-3-13-9;9-6(10)8-13-12-7(15-8)4-1-2-11-5(14)3-4/h1-4,7-8,16H,5-6,9H2;1-2,5H,3-4,6H2;1-3,6H,(H,11,14). The van der Waals surface area contributed by atoms with Gasteiger partial charge in [-0.3, -0.25) is 19.2 Å². The maximum atomic E-state index is 12.5. The van der Waals surface area contributed by atoms with Gasteiger partial charge in [0.25, 0.3) is 17.3 Å². The molecule has 0 saturated carbocycles. The third-order valence-corrected chi connectivity index (χ3v) is 8.19. The number of fused-ring (bicyclic) bond motifs is 2. The number of nitrogens with zero attached hydrogens (tertiary/aromatic N) is 5. The molecule has 21 heteroatoms. The molecule has 6 aromatic rings. The molecule has 0 fully saturated rings. The number of hydrogen-bond acceptors (Lipinski definition) is 14. The first-order valence-corrected chi connectivity index (χ1v) is 17.7. The predicted molar refractivity (Wildman–Crippen MR) is 192 cm³/mol. The Morgan fingerprint density at radius 2 is 1.18 bits per heavy atom. The smallest absolute Gasteiger partial charge is 0.314 e. The van der Waals surface area contributed by atoms with Gasteiger partial charge in [0.05, 0.1) is 11.9 Å². The SMILES string of the molecule is O=C(CBr)c1ccc2c(c1)OCCO2.O=C(Cn1ccc(-c2nnc(C(F)F)o2)cc1=O)c1ccc2c(c1)OCCO2.O=c1cc(-c2nnc(C(F)F)o2)cc[nH]1. The second-order valence-corrected chi connectivity index (χ2v) is 12.1. The average molecular weight is 860 g/mol. The van der Waals surface area contributed by atoms with Crippen molar-refractivity contribution < 1.29 is 54.9 Å². The summed E-state index contributed by atoms with van der Waals surface area (Å²) >= 11 is 3.13. The van der Waals surface area contributed by atoms with Gasteiger partial charge in [-0.1, -0.05) is 15.9 Å². The molecule has 2 aliphatic heterocycles. The Kier molecular flexibility index (Phi) is 12.9. The van der Waals surface area contributed by atoms with Crippen LogP contribution in [0, 0.1) is 0 Å². The van der Waals surface area contributed by atoms with Gasteiger partial charge in [-0.2, -0.15) is 17.6 Å². The lowest BCUT2D eigenvalue weighted by atomic mass is 10.1. The van der Waals surface area contributed by atoms with Gasteiger partial charge in [0.2, 0.25) is 17.3 Å². The van der Waals surface area contributed by atoms with Crippen LogP contribution in [-0.2, 0) is 6.54 Å². The Labute approximate surface area is 325 Å². The summed E-state index contributed by atoms with van der Waals surface area (Å²) in [6.45, 7) is 1.75. The second kappa shape index (κ2) is 18.3. The van der Waals surface area contributed by atoms with Crippen LogP contribution in [0.5, 0.6) is 23.0 Å². The van der Waals surface area contributed by atoms with Gasteiger partial charge in [0.1, 0.15) is 26.4 Å². The van der Waals surface area contributed by atoms with E-state index in [1.54, 1.807) is 36.4 Å². The minimum atomic E-state index is -2.90. The van der Waals surface area contributed by atoms with Gasteiger partial charge in [-0.25, -0.2) is 0 Å². The number of hydrogen-bond donors (Lipinski definition) is 1. The molecule has 0 atom stereocenters. The fraction of sp³-hybridized carbons (Fsp3) is 0.222. The molecule has 296 valence electrons. The Balaban J connectivity index is 0.000000159. The number of Topliss-reactive ketones (excluding diaryl/α,β-unsaturated/α-hetero) is 2. The van der Waals surface area contributed by atoms with E-state index in [0.717, 1.165) is 6.07 Å². The van der Waals surface area contributed by atoms with Gasteiger partial charge in [-0.15, -0.1) is 20.4 Å².